The standard InChI is InChI=1S/C13H23NOS/c1-12(2)6-10-7-13(3,8-12)9-14(10)11(15)4-5-16/h10,16H,4-9H2,1-3H3. The van der Waals surface area contributed by atoms with Crippen LogP contribution in [0, 0.1) is 10.8 Å². The molecule has 0 aromatic rings. The van der Waals surface area contributed by atoms with E-state index in [0.29, 0.717) is 35.0 Å². The van der Waals surface area contributed by atoms with E-state index in [9.17, 15) is 4.79 Å². The highest BCUT2D eigenvalue weighted by molar-refractivity contribution is 7.80. The Bertz CT molecular complexity index is 302. The molecule has 3 heteroatoms. The maximum Gasteiger partial charge on any atom is 0.223 e. The molecule has 0 N–H and O–H groups in total. The Kier molecular flexibility index (Phi) is 3.02. The lowest BCUT2D eigenvalue weighted by Gasteiger charge is -2.39. The maximum absolute atomic E-state index is 12.0. The van der Waals surface area contributed by atoms with Gasteiger partial charge in [0, 0.05) is 19.0 Å². The lowest BCUT2D eigenvalue weighted by atomic mass is 9.65. The van der Waals surface area contributed by atoms with Crippen LogP contribution < -0.4 is 0 Å². The lowest BCUT2D eigenvalue weighted by Crippen LogP contribution is -2.37. The molecule has 1 heterocycles. The second-order valence-electron chi connectivity index (χ2n) is 6.71. The Morgan fingerprint density at radius 3 is 2.69 bits per heavy atom. The fraction of sp³-hybridized carbons (Fsp3) is 0.923. The zero-order valence-electron chi connectivity index (χ0n) is 10.6. The molecule has 92 valence electrons. The smallest absolute Gasteiger partial charge is 0.223 e. The van der Waals surface area contributed by atoms with Crippen LogP contribution in [0.1, 0.15) is 46.5 Å². The molecule has 2 fully saturated rings. The van der Waals surface area contributed by atoms with Gasteiger partial charge in [-0.15, -0.1) is 0 Å². The lowest BCUT2D eigenvalue weighted by molar-refractivity contribution is -0.131. The quantitative estimate of drug-likeness (QED) is 0.737. The number of carbonyl (C=O) groups is 1. The van der Waals surface area contributed by atoms with Crippen LogP contribution in [-0.2, 0) is 4.79 Å². The van der Waals surface area contributed by atoms with Crippen molar-refractivity contribution in [1.29, 1.82) is 0 Å². The average Bonchev–Trinajstić information content (AvgIpc) is 2.35. The molecule has 1 saturated carbocycles. The Labute approximate surface area is 104 Å². The Morgan fingerprint density at radius 1 is 1.38 bits per heavy atom. The molecular weight excluding hydrogens is 218 g/mol. The summed E-state index contributed by atoms with van der Waals surface area (Å²) in [7, 11) is 0. The van der Waals surface area contributed by atoms with E-state index in [-0.39, 0.29) is 0 Å². The van der Waals surface area contributed by atoms with Crippen LogP contribution in [0.25, 0.3) is 0 Å². The van der Waals surface area contributed by atoms with Gasteiger partial charge < -0.3 is 4.90 Å². The Hall–Kier alpha value is -0.180. The van der Waals surface area contributed by atoms with Crippen LogP contribution in [-0.4, -0.2) is 29.1 Å². The van der Waals surface area contributed by atoms with Gasteiger partial charge in [-0.05, 0) is 35.8 Å². The van der Waals surface area contributed by atoms with Gasteiger partial charge in [-0.1, -0.05) is 20.8 Å². The third-order valence-electron chi connectivity index (χ3n) is 4.06. The number of hydrogen-bond donors (Lipinski definition) is 1. The summed E-state index contributed by atoms with van der Waals surface area (Å²) in [6.45, 7) is 7.98. The minimum absolute atomic E-state index is 0.307. The molecule has 2 bridgehead atoms. The molecule has 1 amide bonds. The summed E-state index contributed by atoms with van der Waals surface area (Å²) in [5.41, 5.74) is 0.756. The number of thiol groups is 1. The minimum Gasteiger partial charge on any atom is -0.339 e. The molecule has 0 aromatic carbocycles. The summed E-state index contributed by atoms with van der Waals surface area (Å²) in [4.78, 5) is 14.1. The van der Waals surface area contributed by atoms with Crippen LogP contribution in [0.5, 0.6) is 0 Å². The number of rotatable bonds is 2. The molecule has 0 spiro atoms. The van der Waals surface area contributed by atoms with Gasteiger partial charge in [0.25, 0.3) is 0 Å². The topological polar surface area (TPSA) is 20.3 Å². The number of nitrogens with zero attached hydrogens (tertiary/aromatic N) is 1. The molecule has 2 atom stereocenters. The van der Waals surface area contributed by atoms with Crippen LogP contribution in [0.2, 0.25) is 0 Å². The predicted octanol–water partition coefficient (Wildman–Crippen LogP) is 2.73. The SMILES string of the molecule is CC1(C)CC2CC(C)(CN2C(=O)CCS)C1. The van der Waals surface area contributed by atoms with E-state index in [2.05, 4.69) is 38.3 Å². The number of carbonyl (C=O) groups excluding carboxylic acids is 1. The number of fused-ring (bicyclic) bond motifs is 2. The third-order valence-corrected chi connectivity index (χ3v) is 4.28. The van der Waals surface area contributed by atoms with Gasteiger partial charge in [0.1, 0.15) is 0 Å². The van der Waals surface area contributed by atoms with Crippen molar-refractivity contribution in [2.24, 2.45) is 10.8 Å². The van der Waals surface area contributed by atoms with Gasteiger partial charge in [-0.25, -0.2) is 0 Å². The highest BCUT2D eigenvalue weighted by Crippen LogP contribution is 2.52. The van der Waals surface area contributed by atoms with Gasteiger partial charge in [0.05, 0.1) is 0 Å². The zero-order chi connectivity index (χ0) is 12.0. The Balaban J connectivity index is 2.13. The predicted molar refractivity (Wildman–Crippen MR) is 69.7 cm³/mol. The van der Waals surface area contributed by atoms with Crippen molar-refractivity contribution in [3.63, 3.8) is 0 Å². The van der Waals surface area contributed by atoms with Crippen LogP contribution in [0.4, 0.5) is 0 Å². The van der Waals surface area contributed by atoms with Gasteiger partial charge in [-0.2, -0.15) is 12.6 Å². The molecule has 1 aliphatic carbocycles. The summed E-state index contributed by atoms with van der Waals surface area (Å²) in [5, 5.41) is 0. The van der Waals surface area contributed by atoms with E-state index in [0.717, 1.165) is 6.54 Å². The number of hydrogen-bond acceptors (Lipinski definition) is 2. The molecule has 0 radical (unpaired) electrons. The van der Waals surface area contributed by atoms with Gasteiger partial charge in [0.2, 0.25) is 5.91 Å². The van der Waals surface area contributed by atoms with Gasteiger partial charge >= 0.3 is 0 Å². The largest absolute Gasteiger partial charge is 0.339 e. The molecular formula is C13H23NOS. The van der Waals surface area contributed by atoms with Crippen molar-refractivity contribution >= 4 is 18.5 Å². The fourth-order valence-corrected chi connectivity index (χ4v) is 4.18. The van der Waals surface area contributed by atoms with Crippen LogP contribution in [0.3, 0.4) is 0 Å². The van der Waals surface area contributed by atoms with Crippen molar-refractivity contribution in [1.82, 2.24) is 4.90 Å². The molecule has 16 heavy (non-hydrogen) atoms. The highest BCUT2D eigenvalue weighted by atomic mass is 32.1. The van der Waals surface area contributed by atoms with Crippen molar-refractivity contribution < 1.29 is 4.79 Å². The molecule has 0 aromatic heterocycles. The monoisotopic (exact) mass is 241 g/mol. The van der Waals surface area contributed by atoms with Crippen LogP contribution >= 0.6 is 12.6 Å². The maximum atomic E-state index is 12.0. The number of likely N-dealkylation sites (tertiary alicyclic amines) is 1. The summed E-state index contributed by atoms with van der Waals surface area (Å²) in [6, 6.07) is 0.487. The normalized spacial score (nSPS) is 36.5. The van der Waals surface area contributed by atoms with Crippen LogP contribution in [0.15, 0.2) is 0 Å². The first-order valence-corrected chi connectivity index (χ1v) is 6.89. The third kappa shape index (κ3) is 2.24. The van der Waals surface area contributed by atoms with E-state index in [1.54, 1.807) is 0 Å². The summed E-state index contributed by atoms with van der Waals surface area (Å²) < 4.78 is 0. The second kappa shape index (κ2) is 3.94. The first-order valence-electron chi connectivity index (χ1n) is 6.26. The van der Waals surface area contributed by atoms with E-state index in [1.807, 2.05) is 0 Å². The molecule has 2 aliphatic rings. The van der Waals surface area contributed by atoms with Gasteiger partial charge in [-0.3, -0.25) is 4.79 Å². The summed E-state index contributed by atoms with van der Waals surface area (Å²) >= 11 is 4.16. The average molecular weight is 241 g/mol. The van der Waals surface area contributed by atoms with Crippen molar-refractivity contribution in [3.05, 3.63) is 0 Å². The van der Waals surface area contributed by atoms with Gasteiger partial charge in [0.15, 0.2) is 0 Å². The second-order valence-corrected chi connectivity index (χ2v) is 7.16. The fourth-order valence-electron chi connectivity index (χ4n) is 3.99. The molecule has 2 nitrogen and oxygen atoms in total. The summed E-state index contributed by atoms with van der Waals surface area (Å²) in [6.07, 6.45) is 4.22. The molecule has 2 unspecified atom stereocenters. The molecule has 2 rings (SSSR count). The molecule has 1 saturated heterocycles. The van der Waals surface area contributed by atoms with Crippen molar-refractivity contribution in [3.8, 4) is 0 Å². The van der Waals surface area contributed by atoms with Crippen molar-refractivity contribution in [2.45, 2.75) is 52.5 Å². The van der Waals surface area contributed by atoms with E-state index in [4.69, 9.17) is 0 Å². The first kappa shape index (κ1) is 12.3. The number of amides is 1. The highest BCUT2D eigenvalue weighted by Gasteiger charge is 2.50. The summed E-state index contributed by atoms with van der Waals surface area (Å²) in [5.74, 6) is 0.976. The first-order chi connectivity index (χ1) is 7.35. The van der Waals surface area contributed by atoms with E-state index < -0.39 is 0 Å². The Morgan fingerprint density at radius 2 is 2.06 bits per heavy atom. The molecule has 1 aliphatic heterocycles. The van der Waals surface area contributed by atoms with E-state index >= 15 is 0 Å². The van der Waals surface area contributed by atoms with E-state index in [1.165, 1.54) is 19.3 Å². The van der Waals surface area contributed by atoms with Crippen molar-refractivity contribution in [2.75, 3.05) is 12.3 Å². The minimum atomic E-state index is 0.307. The zero-order valence-corrected chi connectivity index (χ0v) is 11.5.